The molecule has 2 fully saturated rings. The molecule has 0 atom stereocenters. The highest BCUT2D eigenvalue weighted by molar-refractivity contribution is 5.40. The van der Waals surface area contributed by atoms with E-state index in [1.165, 1.54) is 51.6 Å². The van der Waals surface area contributed by atoms with Gasteiger partial charge >= 0.3 is 0 Å². The number of nitrogens with two attached hydrogens (primary N) is 1. The van der Waals surface area contributed by atoms with E-state index < -0.39 is 0 Å². The van der Waals surface area contributed by atoms with E-state index in [0.717, 1.165) is 11.5 Å². The SMILES string of the molecule is NCc1cccc(N2CCC3(CCCC3)CC2)n1. The van der Waals surface area contributed by atoms with Crippen molar-refractivity contribution in [3.05, 3.63) is 23.9 Å². The van der Waals surface area contributed by atoms with Crippen LogP contribution in [0.25, 0.3) is 0 Å². The number of piperidine rings is 1. The van der Waals surface area contributed by atoms with Crippen LogP contribution in [0.2, 0.25) is 0 Å². The van der Waals surface area contributed by atoms with Gasteiger partial charge in [0.1, 0.15) is 5.82 Å². The molecule has 0 unspecified atom stereocenters. The Labute approximate surface area is 109 Å². The largest absolute Gasteiger partial charge is 0.357 e. The normalized spacial score (nSPS) is 22.6. The van der Waals surface area contributed by atoms with Crippen LogP contribution in [0.4, 0.5) is 5.82 Å². The first-order valence-electron chi connectivity index (χ1n) is 7.22. The average molecular weight is 245 g/mol. The molecule has 18 heavy (non-hydrogen) atoms. The number of anilines is 1. The summed E-state index contributed by atoms with van der Waals surface area (Å²) < 4.78 is 0. The van der Waals surface area contributed by atoms with Crippen molar-refractivity contribution in [1.82, 2.24) is 4.98 Å². The zero-order valence-electron chi connectivity index (χ0n) is 11.1. The Morgan fingerprint density at radius 1 is 1.11 bits per heavy atom. The number of rotatable bonds is 2. The van der Waals surface area contributed by atoms with Gasteiger partial charge in [-0.25, -0.2) is 4.98 Å². The Morgan fingerprint density at radius 3 is 2.50 bits per heavy atom. The summed E-state index contributed by atoms with van der Waals surface area (Å²) in [5.74, 6) is 1.12. The second-order valence-corrected chi connectivity index (χ2v) is 5.89. The number of hydrogen-bond donors (Lipinski definition) is 1. The summed E-state index contributed by atoms with van der Waals surface area (Å²) >= 11 is 0. The second kappa shape index (κ2) is 4.88. The fourth-order valence-corrected chi connectivity index (χ4v) is 3.59. The lowest BCUT2D eigenvalue weighted by Crippen LogP contribution is -2.39. The topological polar surface area (TPSA) is 42.1 Å². The van der Waals surface area contributed by atoms with E-state index in [2.05, 4.69) is 22.0 Å². The first-order chi connectivity index (χ1) is 8.81. The van der Waals surface area contributed by atoms with E-state index in [1.807, 2.05) is 6.07 Å². The molecule has 1 saturated carbocycles. The quantitative estimate of drug-likeness (QED) is 0.871. The van der Waals surface area contributed by atoms with Crippen molar-refractivity contribution in [3.63, 3.8) is 0 Å². The third-order valence-electron chi connectivity index (χ3n) is 4.81. The van der Waals surface area contributed by atoms with Gasteiger partial charge in [-0.2, -0.15) is 0 Å². The molecule has 3 nitrogen and oxygen atoms in total. The molecule has 1 aliphatic heterocycles. The van der Waals surface area contributed by atoms with E-state index in [0.29, 0.717) is 12.0 Å². The van der Waals surface area contributed by atoms with Crippen LogP contribution in [0.15, 0.2) is 18.2 Å². The summed E-state index contributed by atoms with van der Waals surface area (Å²) in [5.41, 5.74) is 7.34. The fraction of sp³-hybridized carbons (Fsp3) is 0.667. The van der Waals surface area contributed by atoms with Crippen LogP contribution in [-0.4, -0.2) is 18.1 Å². The van der Waals surface area contributed by atoms with Gasteiger partial charge in [-0.1, -0.05) is 18.9 Å². The summed E-state index contributed by atoms with van der Waals surface area (Å²) in [6.07, 6.45) is 8.50. The summed E-state index contributed by atoms with van der Waals surface area (Å²) in [6, 6.07) is 6.20. The summed E-state index contributed by atoms with van der Waals surface area (Å²) in [5, 5.41) is 0. The Bertz CT molecular complexity index is 400. The van der Waals surface area contributed by atoms with Crippen molar-refractivity contribution in [1.29, 1.82) is 0 Å². The van der Waals surface area contributed by atoms with Gasteiger partial charge in [0.2, 0.25) is 0 Å². The molecule has 1 aromatic rings. The van der Waals surface area contributed by atoms with Gasteiger partial charge < -0.3 is 10.6 Å². The van der Waals surface area contributed by atoms with Gasteiger partial charge in [-0.15, -0.1) is 0 Å². The Balaban J connectivity index is 1.68. The predicted molar refractivity (Wildman–Crippen MR) is 74.5 cm³/mol. The van der Waals surface area contributed by atoms with E-state index >= 15 is 0 Å². The molecule has 3 rings (SSSR count). The van der Waals surface area contributed by atoms with Crippen molar-refractivity contribution < 1.29 is 0 Å². The van der Waals surface area contributed by atoms with Gasteiger partial charge in [0, 0.05) is 19.6 Å². The zero-order chi connectivity index (χ0) is 12.4. The first-order valence-corrected chi connectivity index (χ1v) is 7.22. The van der Waals surface area contributed by atoms with Gasteiger partial charge in [0.15, 0.2) is 0 Å². The second-order valence-electron chi connectivity index (χ2n) is 5.89. The number of pyridine rings is 1. The van der Waals surface area contributed by atoms with Gasteiger partial charge in [0.25, 0.3) is 0 Å². The maximum Gasteiger partial charge on any atom is 0.128 e. The van der Waals surface area contributed by atoms with Gasteiger partial charge in [-0.05, 0) is 43.2 Å². The predicted octanol–water partition coefficient (Wildman–Crippen LogP) is 2.70. The van der Waals surface area contributed by atoms with Crippen molar-refractivity contribution in [2.24, 2.45) is 11.1 Å². The Kier molecular flexibility index (Phi) is 3.25. The Morgan fingerprint density at radius 2 is 1.83 bits per heavy atom. The van der Waals surface area contributed by atoms with E-state index in [-0.39, 0.29) is 0 Å². The first kappa shape index (κ1) is 12.0. The molecule has 0 aromatic carbocycles. The fourth-order valence-electron chi connectivity index (χ4n) is 3.59. The van der Waals surface area contributed by atoms with Crippen molar-refractivity contribution in [2.75, 3.05) is 18.0 Å². The molecule has 1 spiro atoms. The maximum atomic E-state index is 5.66. The summed E-state index contributed by atoms with van der Waals surface area (Å²) in [4.78, 5) is 7.06. The van der Waals surface area contributed by atoms with Crippen molar-refractivity contribution in [2.45, 2.75) is 45.1 Å². The van der Waals surface area contributed by atoms with Crippen LogP contribution in [0.1, 0.15) is 44.2 Å². The third-order valence-corrected chi connectivity index (χ3v) is 4.81. The Hall–Kier alpha value is -1.09. The lowest BCUT2D eigenvalue weighted by molar-refractivity contribution is 0.226. The van der Waals surface area contributed by atoms with Crippen LogP contribution in [0, 0.1) is 5.41 Å². The molecular formula is C15H23N3. The van der Waals surface area contributed by atoms with Crippen LogP contribution in [0.5, 0.6) is 0 Å². The highest BCUT2D eigenvalue weighted by Crippen LogP contribution is 2.46. The third kappa shape index (κ3) is 2.24. The van der Waals surface area contributed by atoms with Gasteiger partial charge in [0.05, 0.1) is 5.69 Å². The minimum Gasteiger partial charge on any atom is -0.357 e. The van der Waals surface area contributed by atoms with Crippen LogP contribution in [0.3, 0.4) is 0 Å². The maximum absolute atomic E-state index is 5.66. The molecule has 1 aliphatic carbocycles. The zero-order valence-corrected chi connectivity index (χ0v) is 11.1. The standard InChI is InChI=1S/C15H23N3/c16-12-13-4-3-5-14(17-13)18-10-8-15(9-11-18)6-1-2-7-15/h3-5H,1-2,6-12,16H2. The number of aromatic nitrogens is 1. The van der Waals surface area contributed by atoms with Gasteiger partial charge in [-0.3, -0.25) is 0 Å². The minimum absolute atomic E-state index is 0.533. The molecule has 1 aromatic heterocycles. The number of nitrogens with zero attached hydrogens (tertiary/aromatic N) is 2. The average Bonchev–Trinajstić information content (AvgIpc) is 2.88. The summed E-state index contributed by atoms with van der Waals surface area (Å²) in [6.45, 7) is 2.87. The van der Waals surface area contributed by atoms with E-state index in [4.69, 9.17) is 5.73 Å². The lowest BCUT2D eigenvalue weighted by Gasteiger charge is -2.40. The molecule has 0 bridgehead atoms. The molecule has 1 saturated heterocycles. The van der Waals surface area contributed by atoms with Crippen LogP contribution >= 0.6 is 0 Å². The summed E-state index contributed by atoms with van der Waals surface area (Å²) in [7, 11) is 0. The molecule has 0 radical (unpaired) electrons. The highest BCUT2D eigenvalue weighted by atomic mass is 15.2. The molecule has 98 valence electrons. The van der Waals surface area contributed by atoms with E-state index in [9.17, 15) is 0 Å². The molecule has 3 heteroatoms. The smallest absolute Gasteiger partial charge is 0.128 e. The monoisotopic (exact) mass is 245 g/mol. The molecule has 2 N–H and O–H groups in total. The highest BCUT2D eigenvalue weighted by Gasteiger charge is 2.37. The molecule has 2 aliphatic rings. The molecular weight excluding hydrogens is 222 g/mol. The van der Waals surface area contributed by atoms with Crippen molar-refractivity contribution in [3.8, 4) is 0 Å². The van der Waals surface area contributed by atoms with Crippen LogP contribution < -0.4 is 10.6 Å². The minimum atomic E-state index is 0.533. The molecule has 0 amide bonds. The molecule has 2 heterocycles. The number of hydrogen-bond acceptors (Lipinski definition) is 3. The van der Waals surface area contributed by atoms with Crippen LogP contribution in [-0.2, 0) is 6.54 Å². The lowest BCUT2D eigenvalue weighted by atomic mass is 9.77. The van der Waals surface area contributed by atoms with E-state index in [1.54, 1.807) is 0 Å². The van der Waals surface area contributed by atoms with Crippen molar-refractivity contribution >= 4 is 5.82 Å².